The second-order valence-corrected chi connectivity index (χ2v) is 4.35. The van der Waals surface area contributed by atoms with Gasteiger partial charge in [0.2, 0.25) is 0 Å². The van der Waals surface area contributed by atoms with Crippen LogP contribution in [0.25, 0.3) is 22.1 Å². The van der Waals surface area contributed by atoms with Crippen LogP contribution in [0.1, 0.15) is 0 Å². The summed E-state index contributed by atoms with van der Waals surface area (Å²) >= 11 is 0. The molecular formula is C14H14N4O2. The normalized spacial score (nSPS) is 10.9. The number of methoxy groups -OCH3 is 2. The Bertz CT molecular complexity index is 817. The van der Waals surface area contributed by atoms with Gasteiger partial charge >= 0.3 is 0 Å². The van der Waals surface area contributed by atoms with Crippen LogP contribution in [-0.2, 0) is 0 Å². The van der Waals surface area contributed by atoms with Crippen molar-refractivity contribution >= 4 is 33.4 Å². The molecule has 0 bridgehead atoms. The first-order chi connectivity index (χ1) is 9.63. The van der Waals surface area contributed by atoms with Crippen molar-refractivity contribution in [2.24, 2.45) is 0 Å². The topological polar surface area (TPSA) is 96.3 Å². The number of fused-ring (bicyclic) bond motifs is 2. The molecule has 2 aromatic carbocycles. The van der Waals surface area contributed by atoms with Crippen molar-refractivity contribution in [2.45, 2.75) is 0 Å². The molecule has 1 aromatic heterocycles. The molecule has 1 heterocycles. The van der Waals surface area contributed by atoms with E-state index >= 15 is 0 Å². The van der Waals surface area contributed by atoms with E-state index in [9.17, 15) is 0 Å². The van der Waals surface area contributed by atoms with Crippen molar-refractivity contribution in [2.75, 3.05) is 25.7 Å². The zero-order valence-corrected chi connectivity index (χ0v) is 11.2. The maximum absolute atomic E-state index is 6.02. The van der Waals surface area contributed by atoms with E-state index in [0.717, 1.165) is 5.52 Å². The molecule has 20 heavy (non-hydrogen) atoms. The molecule has 6 nitrogen and oxygen atoms in total. The molecule has 0 aliphatic carbocycles. The molecule has 4 N–H and O–H groups in total. The lowest BCUT2D eigenvalue weighted by atomic mass is 10.2. The van der Waals surface area contributed by atoms with Gasteiger partial charge in [-0.15, -0.1) is 0 Å². The van der Waals surface area contributed by atoms with Crippen molar-refractivity contribution in [1.29, 1.82) is 0 Å². The highest BCUT2D eigenvalue weighted by molar-refractivity contribution is 5.99. The maximum atomic E-state index is 6.02. The minimum Gasteiger partial charge on any atom is -0.497 e. The molecule has 0 radical (unpaired) electrons. The summed E-state index contributed by atoms with van der Waals surface area (Å²) in [5.74, 6) is 1.21. The van der Waals surface area contributed by atoms with Gasteiger partial charge in [-0.25, -0.2) is 9.97 Å². The summed E-state index contributed by atoms with van der Waals surface area (Å²) in [5.41, 5.74) is 15.3. The molecule has 0 amide bonds. The van der Waals surface area contributed by atoms with Gasteiger partial charge in [-0.3, -0.25) is 0 Å². The van der Waals surface area contributed by atoms with Gasteiger partial charge < -0.3 is 20.9 Å². The number of hydrogen-bond acceptors (Lipinski definition) is 6. The average molecular weight is 270 g/mol. The van der Waals surface area contributed by atoms with Crippen LogP contribution in [0.2, 0.25) is 0 Å². The van der Waals surface area contributed by atoms with Gasteiger partial charge in [-0.05, 0) is 12.1 Å². The summed E-state index contributed by atoms with van der Waals surface area (Å²) in [7, 11) is 3.14. The van der Waals surface area contributed by atoms with E-state index in [0.29, 0.717) is 39.4 Å². The Kier molecular flexibility index (Phi) is 2.71. The number of hydrogen-bond donors (Lipinski definition) is 2. The second-order valence-electron chi connectivity index (χ2n) is 4.35. The average Bonchev–Trinajstić information content (AvgIpc) is 2.48. The number of nitrogens with two attached hydrogens (primary N) is 2. The first kappa shape index (κ1) is 12.3. The predicted octanol–water partition coefficient (Wildman–Crippen LogP) is 1.96. The van der Waals surface area contributed by atoms with Gasteiger partial charge in [0, 0.05) is 12.1 Å². The van der Waals surface area contributed by atoms with Gasteiger partial charge in [-0.1, -0.05) is 0 Å². The molecule has 3 rings (SSSR count). The fraction of sp³-hybridized carbons (Fsp3) is 0.143. The van der Waals surface area contributed by atoms with Crippen molar-refractivity contribution in [3.05, 3.63) is 24.3 Å². The van der Waals surface area contributed by atoms with Crippen LogP contribution in [0, 0.1) is 0 Å². The Labute approximate surface area is 115 Å². The quantitative estimate of drug-likeness (QED) is 0.546. The van der Waals surface area contributed by atoms with E-state index in [2.05, 4.69) is 9.97 Å². The van der Waals surface area contributed by atoms with Gasteiger partial charge in [0.05, 0.1) is 42.1 Å². The lowest BCUT2D eigenvalue weighted by Gasteiger charge is -2.10. The highest BCUT2D eigenvalue weighted by Crippen LogP contribution is 2.34. The van der Waals surface area contributed by atoms with Crippen molar-refractivity contribution in [3.8, 4) is 11.5 Å². The summed E-state index contributed by atoms with van der Waals surface area (Å²) < 4.78 is 10.4. The van der Waals surface area contributed by atoms with Crippen LogP contribution in [-0.4, -0.2) is 24.2 Å². The third kappa shape index (κ3) is 1.73. The molecule has 3 aromatic rings. The number of benzene rings is 2. The maximum Gasteiger partial charge on any atom is 0.146 e. The summed E-state index contributed by atoms with van der Waals surface area (Å²) in [6, 6.07) is 7.22. The Morgan fingerprint density at radius 1 is 0.850 bits per heavy atom. The molecule has 6 heteroatoms. The van der Waals surface area contributed by atoms with E-state index in [4.69, 9.17) is 20.9 Å². The van der Waals surface area contributed by atoms with E-state index in [1.807, 2.05) is 18.2 Å². The number of aromatic nitrogens is 2. The van der Waals surface area contributed by atoms with Crippen LogP contribution >= 0.6 is 0 Å². The van der Waals surface area contributed by atoms with Crippen LogP contribution in [0.3, 0.4) is 0 Å². The number of nitrogens with zero attached hydrogens (tertiary/aromatic N) is 2. The van der Waals surface area contributed by atoms with E-state index < -0.39 is 0 Å². The lowest BCUT2D eigenvalue weighted by molar-refractivity contribution is 0.415. The summed E-state index contributed by atoms with van der Waals surface area (Å²) in [6.07, 6.45) is 0. The SMILES string of the molecule is COc1ccc2nc3cc(OC)c(N)c(N)c3nc2c1. The van der Waals surface area contributed by atoms with Crippen molar-refractivity contribution in [1.82, 2.24) is 9.97 Å². The lowest BCUT2D eigenvalue weighted by Crippen LogP contribution is -2.01. The Morgan fingerprint density at radius 3 is 2.35 bits per heavy atom. The van der Waals surface area contributed by atoms with Gasteiger partial charge in [-0.2, -0.15) is 0 Å². The minimum atomic E-state index is 0.372. The fourth-order valence-corrected chi connectivity index (χ4v) is 2.10. The van der Waals surface area contributed by atoms with Crippen molar-refractivity contribution < 1.29 is 9.47 Å². The largest absolute Gasteiger partial charge is 0.497 e. The minimum absolute atomic E-state index is 0.372. The molecule has 102 valence electrons. The molecule has 0 fully saturated rings. The van der Waals surface area contributed by atoms with Crippen LogP contribution in [0.15, 0.2) is 24.3 Å². The summed E-state index contributed by atoms with van der Waals surface area (Å²) in [6.45, 7) is 0. The molecular weight excluding hydrogens is 256 g/mol. The third-order valence-corrected chi connectivity index (χ3v) is 3.20. The van der Waals surface area contributed by atoms with Gasteiger partial charge in [0.1, 0.15) is 17.0 Å². The smallest absolute Gasteiger partial charge is 0.146 e. The van der Waals surface area contributed by atoms with E-state index in [1.165, 1.54) is 7.11 Å². The molecule has 0 saturated carbocycles. The summed E-state index contributed by atoms with van der Waals surface area (Å²) in [5, 5.41) is 0. The fourth-order valence-electron chi connectivity index (χ4n) is 2.10. The molecule has 0 aliphatic heterocycles. The van der Waals surface area contributed by atoms with Gasteiger partial charge in [0.25, 0.3) is 0 Å². The first-order valence-corrected chi connectivity index (χ1v) is 6.01. The molecule has 0 atom stereocenters. The Morgan fingerprint density at radius 2 is 1.65 bits per heavy atom. The molecule has 0 unspecified atom stereocenters. The number of nitrogen functional groups attached to an aromatic ring is 2. The summed E-state index contributed by atoms with van der Waals surface area (Å²) in [4.78, 5) is 9.05. The molecule has 0 spiro atoms. The third-order valence-electron chi connectivity index (χ3n) is 3.20. The second kappa shape index (κ2) is 4.41. The molecule has 0 aliphatic rings. The monoisotopic (exact) mass is 270 g/mol. The van der Waals surface area contributed by atoms with Crippen LogP contribution < -0.4 is 20.9 Å². The van der Waals surface area contributed by atoms with Crippen LogP contribution in [0.5, 0.6) is 11.5 Å². The van der Waals surface area contributed by atoms with E-state index in [-0.39, 0.29) is 0 Å². The van der Waals surface area contributed by atoms with Gasteiger partial charge in [0.15, 0.2) is 0 Å². The van der Waals surface area contributed by atoms with Crippen LogP contribution in [0.4, 0.5) is 11.4 Å². The highest BCUT2D eigenvalue weighted by Gasteiger charge is 2.12. The number of anilines is 2. The standard InChI is InChI=1S/C14H14N4O2/c1-19-7-3-4-8-9(5-7)18-14-10(17-8)6-11(20-2)12(15)13(14)16/h3-6H,15-16H2,1-2H3. The first-order valence-electron chi connectivity index (χ1n) is 6.01. The highest BCUT2D eigenvalue weighted by atomic mass is 16.5. The zero-order valence-electron chi connectivity index (χ0n) is 11.2. The number of rotatable bonds is 2. The van der Waals surface area contributed by atoms with E-state index in [1.54, 1.807) is 13.2 Å². The molecule has 0 saturated heterocycles. The number of ether oxygens (including phenoxy) is 2. The zero-order chi connectivity index (χ0) is 14.3. The van der Waals surface area contributed by atoms with Crippen molar-refractivity contribution in [3.63, 3.8) is 0 Å². The Balaban J connectivity index is 2.38. The Hall–Kier alpha value is -2.76. The predicted molar refractivity (Wildman–Crippen MR) is 79.0 cm³/mol.